The van der Waals surface area contributed by atoms with Gasteiger partial charge < -0.3 is 20.9 Å². The van der Waals surface area contributed by atoms with Crippen molar-refractivity contribution >= 4 is 29.1 Å². The lowest BCUT2D eigenvalue weighted by atomic mass is 10.00. The monoisotopic (exact) mass is 497 g/mol. The average Bonchev–Trinajstić information content (AvgIpc) is 2.94. The van der Waals surface area contributed by atoms with Gasteiger partial charge in [-0.15, -0.1) is 0 Å². The summed E-state index contributed by atoms with van der Waals surface area (Å²) in [5.41, 5.74) is 10.5. The molecular weight excluding hydrogens is 466 g/mol. The molecule has 0 radical (unpaired) electrons. The Morgan fingerprint density at radius 2 is 1.35 bits per heavy atom. The maximum Gasteiger partial charge on any atom is 0.255 e. The summed E-state index contributed by atoms with van der Waals surface area (Å²) in [6, 6.07) is 22.1. The molecule has 8 nitrogen and oxygen atoms in total. The fourth-order valence-electron chi connectivity index (χ4n) is 4.89. The van der Waals surface area contributed by atoms with Crippen molar-refractivity contribution < 1.29 is 14.4 Å². The normalized spacial score (nSPS) is 15.7. The van der Waals surface area contributed by atoms with E-state index in [4.69, 9.17) is 5.73 Å². The highest BCUT2D eigenvalue weighted by Gasteiger charge is 2.27. The predicted molar refractivity (Wildman–Crippen MR) is 143 cm³/mol. The van der Waals surface area contributed by atoms with Crippen molar-refractivity contribution in [2.75, 3.05) is 50.3 Å². The van der Waals surface area contributed by atoms with E-state index < -0.39 is 0 Å². The molecule has 3 aromatic carbocycles. The highest BCUT2D eigenvalue weighted by Crippen LogP contribution is 2.20. The first kappa shape index (κ1) is 24.5. The molecule has 3 aromatic rings. The molecule has 3 N–H and O–H groups in total. The minimum Gasteiger partial charge on any atom is -0.397 e. The number of hydrogen-bond acceptors (Lipinski definition) is 5. The van der Waals surface area contributed by atoms with Gasteiger partial charge in [0.2, 0.25) is 5.91 Å². The van der Waals surface area contributed by atoms with Crippen LogP contribution in [0.3, 0.4) is 0 Å². The van der Waals surface area contributed by atoms with Gasteiger partial charge in [0, 0.05) is 50.4 Å². The largest absolute Gasteiger partial charge is 0.397 e. The quantitative estimate of drug-likeness (QED) is 0.528. The topological polar surface area (TPSA) is 99.0 Å². The number of nitrogen functional groups attached to an aromatic ring is 1. The standard InChI is InChI=1S/C29H31N5O3/c30-25-7-3-4-8-26(25)31-28(36)22-9-11-23(12-10-22)29(37)34-17-15-33(16-18-34)27(35)20-32-14-13-21-5-1-2-6-24(21)19-32/h1-12H,13-20,30H2,(H,31,36). The molecule has 2 aliphatic rings. The summed E-state index contributed by atoms with van der Waals surface area (Å²) in [6.07, 6.45) is 0.965. The van der Waals surface area contributed by atoms with E-state index in [1.165, 1.54) is 11.1 Å². The van der Waals surface area contributed by atoms with Crippen molar-refractivity contribution in [3.63, 3.8) is 0 Å². The number of hydrogen-bond donors (Lipinski definition) is 2. The summed E-state index contributed by atoms with van der Waals surface area (Å²) in [4.78, 5) is 44.3. The fourth-order valence-corrected chi connectivity index (χ4v) is 4.89. The third-order valence-corrected chi connectivity index (χ3v) is 7.09. The van der Waals surface area contributed by atoms with Crippen LogP contribution in [0.15, 0.2) is 72.8 Å². The van der Waals surface area contributed by atoms with Crippen molar-refractivity contribution in [3.05, 3.63) is 95.1 Å². The number of para-hydroxylation sites is 2. The molecule has 8 heteroatoms. The summed E-state index contributed by atoms with van der Waals surface area (Å²) in [7, 11) is 0. The molecule has 0 atom stereocenters. The first-order valence-corrected chi connectivity index (χ1v) is 12.6. The Labute approximate surface area is 216 Å². The number of nitrogens with two attached hydrogens (primary N) is 1. The van der Waals surface area contributed by atoms with E-state index in [0.29, 0.717) is 55.2 Å². The van der Waals surface area contributed by atoms with E-state index in [0.717, 1.165) is 19.5 Å². The molecule has 5 rings (SSSR count). The van der Waals surface area contributed by atoms with Gasteiger partial charge in [-0.05, 0) is 53.9 Å². The third kappa shape index (κ3) is 5.65. The predicted octanol–water partition coefficient (Wildman–Crippen LogP) is 2.86. The second-order valence-electron chi connectivity index (χ2n) is 9.52. The molecule has 0 saturated carbocycles. The molecule has 0 spiro atoms. The van der Waals surface area contributed by atoms with E-state index in [1.54, 1.807) is 53.4 Å². The molecule has 0 aromatic heterocycles. The SMILES string of the molecule is Nc1ccccc1NC(=O)c1ccc(C(=O)N2CCN(C(=O)CN3CCc4ccccc4C3)CC2)cc1. The Hall–Kier alpha value is -4.17. The van der Waals surface area contributed by atoms with Crippen LogP contribution in [0.5, 0.6) is 0 Å². The Bertz CT molecular complexity index is 1300. The van der Waals surface area contributed by atoms with Crippen LogP contribution in [0.2, 0.25) is 0 Å². The highest BCUT2D eigenvalue weighted by molar-refractivity contribution is 6.06. The average molecular weight is 498 g/mol. The molecule has 190 valence electrons. The van der Waals surface area contributed by atoms with Gasteiger partial charge in [-0.1, -0.05) is 36.4 Å². The Balaban J connectivity index is 1.11. The van der Waals surface area contributed by atoms with E-state index in [-0.39, 0.29) is 17.7 Å². The van der Waals surface area contributed by atoms with Gasteiger partial charge in [0.25, 0.3) is 11.8 Å². The van der Waals surface area contributed by atoms with Crippen molar-refractivity contribution in [1.29, 1.82) is 0 Å². The third-order valence-electron chi connectivity index (χ3n) is 7.09. The van der Waals surface area contributed by atoms with Crippen LogP contribution >= 0.6 is 0 Å². The van der Waals surface area contributed by atoms with Crippen LogP contribution in [0, 0.1) is 0 Å². The fraction of sp³-hybridized carbons (Fsp3) is 0.276. The van der Waals surface area contributed by atoms with Gasteiger partial charge in [-0.2, -0.15) is 0 Å². The number of anilines is 2. The lowest BCUT2D eigenvalue weighted by Crippen LogP contribution is -2.52. The first-order chi connectivity index (χ1) is 18.0. The zero-order valence-electron chi connectivity index (χ0n) is 20.7. The number of nitrogens with zero attached hydrogens (tertiary/aromatic N) is 3. The minimum absolute atomic E-state index is 0.0981. The van der Waals surface area contributed by atoms with E-state index in [9.17, 15) is 14.4 Å². The Morgan fingerprint density at radius 1 is 0.730 bits per heavy atom. The molecule has 3 amide bonds. The maximum absolute atomic E-state index is 13.0. The van der Waals surface area contributed by atoms with E-state index >= 15 is 0 Å². The number of benzene rings is 3. The molecule has 2 aliphatic heterocycles. The summed E-state index contributed by atoms with van der Waals surface area (Å²) in [6.45, 7) is 4.11. The first-order valence-electron chi connectivity index (χ1n) is 12.6. The van der Waals surface area contributed by atoms with E-state index in [2.05, 4.69) is 28.4 Å². The Kier molecular flexibility index (Phi) is 7.18. The molecule has 37 heavy (non-hydrogen) atoms. The number of carbonyl (C=O) groups excluding carboxylic acids is 3. The van der Waals surface area contributed by atoms with Gasteiger partial charge in [-0.25, -0.2) is 0 Å². The summed E-state index contributed by atoms with van der Waals surface area (Å²) >= 11 is 0. The van der Waals surface area contributed by atoms with Gasteiger partial charge in [0.05, 0.1) is 17.9 Å². The molecule has 1 fully saturated rings. The number of nitrogens with one attached hydrogen (secondary N) is 1. The number of rotatable bonds is 5. The minimum atomic E-state index is -0.291. The second kappa shape index (κ2) is 10.8. The number of amides is 3. The number of carbonyl (C=O) groups is 3. The smallest absolute Gasteiger partial charge is 0.255 e. The summed E-state index contributed by atoms with van der Waals surface area (Å²) < 4.78 is 0. The maximum atomic E-state index is 13.0. The molecule has 0 bridgehead atoms. The van der Waals surface area contributed by atoms with Crippen LogP contribution < -0.4 is 11.1 Å². The van der Waals surface area contributed by atoms with Crippen LogP contribution in [0.25, 0.3) is 0 Å². The van der Waals surface area contributed by atoms with Gasteiger partial charge in [0.15, 0.2) is 0 Å². The van der Waals surface area contributed by atoms with Crippen molar-refractivity contribution in [2.45, 2.75) is 13.0 Å². The molecule has 0 unspecified atom stereocenters. The van der Waals surface area contributed by atoms with Crippen LogP contribution in [0.1, 0.15) is 31.8 Å². The van der Waals surface area contributed by atoms with Crippen LogP contribution in [0.4, 0.5) is 11.4 Å². The molecule has 0 aliphatic carbocycles. The van der Waals surface area contributed by atoms with Crippen molar-refractivity contribution in [2.24, 2.45) is 0 Å². The zero-order valence-corrected chi connectivity index (χ0v) is 20.7. The lowest BCUT2D eigenvalue weighted by Gasteiger charge is -2.36. The number of piperazine rings is 1. The lowest BCUT2D eigenvalue weighted by molar-refractivity contribution is -0.134. The van der Waals surface area contributed by atoms with Gasteiger partial charge >= 0.3 is 0 Å². The van der Waals surface area contributed by atoms with Crippen LogP contribution in [-0.2, 0) is 17.8 Å². The van der Waals surface area contributed by atoms with Crippen molar-refractivity contribution in [1.82, 2.24) is 14.7 Å². The highest BCUT2D eigenvalue weighted by atomic mass is 16.2. The number of fused-ring (bicyclic) bond motifs is 1. The van der Waals surface area contributed by atoms with Crippen LogP contribution in [-0.4, -0.2) is 71.7 Å². The van der Waals surface area contributed by atoms with E-state index in [1.807, 2.05) is 11.0 Å². The molecule has 1 saturated heterocycles. The van der Waals surface area contributed by atoms with Gasteiger partial charge in [-0.3, -0.25) is 19.3 Å². The van der Waals surface area contributed by atoms with Crippen molar-refractivity contribution in [3.8, 4) is 0 Å². The second-order valence-corrected chi connectivity index (χ2v) is 9.52. The Morgan fingerprint density at radius 3 is 2.08 bits per heavy atom. The molecular formula is C29H31N5O3. The zero-order chi connectivity index (χ0) is 25.8. The van der Waals surface area contributed by atoms with Gasteiger partial charge in [0.1, 0.15) is 0 Å². The summed E-state index contributed by atoms with van der Waals surface area (Å²) in [5.74, 6) is -0.277. The molecule has 2 heterocycles. The summed E-state index contributed by atoms with van der Waals surface area (Å²) in [5, 5.41) is 2.79.